The summed E-state index contributed by atoms with van der Waals surface area (Å²) >= 11 is 0. The van der Waals surface area contributed by atoms with Crippen LogP contribution in [0.1, 0.15) is 41.6 Å². The van der Waals surface area contributed by atoms with Gasteiger partial charge in [-0.1, -0.05) is 0 Å². The summed E-state index contributed by atoms with van der Waals surface area (Å²) in [6, 6.07) is 0. The van der Waals surface area contributed by atoms with Gasteiger partial charge in [0.25, 0.3) is 0 Å². The number of carbonyl (C=O) groups excluding carboxylic acids is 1. The second-order valence-corrected chi connectivity index (χ2v) is 4.62. The Hall–Kier alpha value is -1.91. The summed E-state index contributed by atoms with van der Waals surface area (Å²) in [6.45, 7) is 2.19. The number of ether oxygens (including phenoxy) is 1. The van der Waals surface area contributed by atoms with E-state index in [-0.39, 0.29) is 5.97 Å². The number of hydrogen-bond donors (Lipinski definition) is 0. The lowest BCUT2D eigenvalue weighted by molar-refractivity contribution is 0.0525. The fourth-order valence-electron chi connectivity index (χ4n) is 2.25. The minimum atomic E-state index is -0.292. The predicted molar refractivity (Wildman–Crippen MR) is 66.4 cm³/mol. The van der Waals surface area contributed by atoms with Gasteiger partial charge in [0.1, 0.15) is 11.0 Å². The number of rotatable bonds is 3. The highest BCUT2D eigenvalue weighted by Gasteiger charge is 2.32. The van der Waals surface area contributed by atoms with Crippen LogP contribution in [-0.2, 0) is 11.8 Å². The summed E-state index contributed by atoms with van der Waals surface area (Å²) in [7, 11) is 1.86. The molecule has 1 saturated carbocycles. The molecule has 0 spiro atoms. The smallest absolute Gasteiger partial charge is 0.340 e. The quantitative estimate of drug-likeness (QED) is 0.776. The Balaban J connectivity index is 2.18. The molecule has 3 rings (SSSR count). The summed E-state index contributed by atoms with van der Waals surface area (Å²) in [5.74, 6) is 0.143. The molecule has 0 aromatic carbocycles. The molecule has 5 heteroatoms. The molecule has 2 aromatic rings. The van der Waals surface area contributed by atoms with Gasteiger partial charge in [-0.15, -0.1) is 0 Å². The standard InChI is InChI=1S/C13H15N3O2/c1-3-18-13(17)9-6-14-10-7-16(2)15-12(10)11(9)8-4-5-8/h6-8H,3-5H2,1-2H3. The van der Waals surface area contributed by atoms with Crippen LogP contribution in [0.15, 0.2) is 12.4 Å². The van der Waals surface area contributed by atoms with Gasteiger partial charge in [0, 0.05) is 18.8 Å². The van der Waals surface area contributed by atoms with Gasteiger partial charge in [0.2, 0.25) is 0 Å². The molecular formula is C13H15N3O2. The molecule has 0 atom stereocenters. The van der Waals surface area contributed by atoms with E-state index in [4.69, 9.17) is 4.74 Å². The van der Waals surface area contributed by atoms with Crippen LogP contribution >= 0.6 is 0 Å². The number of hydrogen-bond acceptors (Lipinski definition) is 4. The average Bonchev–Trinajstić information content (AvgIpc) is 3.09. The van der Waals surface area contributed by atoms with Crippen molar-refractivity contribution in [3.63, 3.8) is 0 Å². The Bertz CT molecular complexity index is 614. The van der Waals surface area contributed by atoms with Gasteiger partial charge in [-0.05, 0) is 25.7 Å². The molecule has 0 unspecified atom stereocenters. The van der Waals surface area contributed by atoms with E-state index in [1.54, 1.807) is 17.8 Å². The maximum Gasteiger partial charge on any atom is 0.340 e. The molecule has 0 bridgehead atoms. The molecule has 0 radical (unpaired) electrons. The van der Waals surface area contributed by atoms with Gasteiger partial charge in [0.05, 0.1) is 18.4 Å². The Morgan fingerprint density at radius 1 is 1.56 bits per heavy atom. The Morgan fingerprint density at radius 3 is 3.00 bits per heavy atom. The van der Waals surface area contributed by atoms with Crippen LogP contribution in [0.4, 0.5) is 0 Å². The zero-order chi connectivity index (χ0) is 12.7. The Morgan fingerprint density at radius 2 is 2.33 bits per heavy atom. The van der Waals surface area contributed by atoms with E-state index in [0.29, 0.717) is 18.1 Å². The number of aryl methyl sites for hydroxylation is 1. The number of fused-ring (bicyclic) bond motifs is 1. The van der Waals surface area contributed by atoms with E-state index in [0.717, 1.165) is 29.4 Å². The van der Waals surface area contributed by atoms with Crippen molar-refractivity contribution in [2.24, 2.45) is 7.05 Å². The van der Waals surface area contributed by atoms with Crippen LogP contribution < -0.4 is 0 Å². The number of esters is 1. The summed E-state index contributed by atoms with van der Waals surface area (Å²) < 4.78 is 6.82. The summed E-state index contributed by atoms with van der Waals surface area (Å²) in [6.07, 6.45) is 5.72. The molecule has 94 valence electrons. The van der Waals surface area contributed by atoms with Crippen LogP contribution in [0.5, 0.6) is 0 Å². The zero-order valence-corrected chi connectivity index (χ0v) is 10.5. The molecule has 0 aliphatic heterocycles. The minimum absolute atomic E-state index is 0.292. The molecule has 1 aliphatic rings. The highest BCUT2D eigenvalue weighted by atomic mass is 16.5. The molecule has 0 amide bonds. The van der Waals surface area contributed by atoms with E-state index < -0.39 is 0 Å². The normalized spacial score (nSPS) is 15.0. The van der Waals surface area contributed by atoms with Gasteiger partial charge < -0.3 is 4.74 Å². The lowest BCUT2D eigenvalue weighted by atomic mass is 10.0. The topological polar surface area (TPSA) is 57.0 Å². The van der Waals surface area contributed by atoms with Crippen molar-refractivity contribution in [2.75, 3.05) is 6.61 Å². The molecule has 1 aliphatic carbocycles. The van der Waals surface area contributed by atoms with E-state index in [2.05, 4.69) is 10.1 Å². The summed E-state index contributed by atoms with van der Waals surface area (Å²) in [4.78, 5) is 16.2. The molecule has 1 fully saturated rings. The number of pyridine rings is 1. The van der Waals surface area contributed by atoms with Crippen molar-refractivity contribution in [3.05, 3.63) is 23.5 Å². The van der Waals surface area contributed by atoms with Crippen LogP contribution in [-0.4, -0.2) is 27.3 Å². The maximum absolute atomic E-state index is 12.0. The largest absolute Gasteiger partial charge is 0.462 e. The van der Waals surface area contributed by atoms with Crippen LogP contribution in [0.25, 0.3) is 11.0 Å². The van der Waals surface area contributed by atoms with E-state index in [1.165, 1.54) is 0 Å². The third kappa shape index (κ3) is 1.75. The molecule has 0 saturated heterocycles. The predicted octanol–water partition coefficient (Wildman–Crippen LogP) is 2.02. The summed E-state index contributed by atoms with van der Waals surface area (Å²) in [5.41, 5.74) is 3.27. The fourth-order valence-corrected chi connectivity index (χ4v) is 2.25. The van der Waals surface area contributed by atoms with E-state index in [1.807, 2.05) is 13.2 Å². The Kier molecular flexibility index (Phi) is 2.54. The van der Waals surface area contributed by atoms with Crippen molar-refractivity contribution in [3.8, 4) is 0 Å². The van der Waals surface area contributed by atoms with Crippen LogP contribution in [0, 0.1) is 0 Å². The first kappa shape index (κ1) is 11.2. The van der Waals surface area contributed by atoms with Crippen molar-refractivity contribution in [2.45, 2.75) is 25.7 Å². The number of nitrogens with zero attached hydrogens (tertiary/aromatic N) is 3. The molecule has 2 heterocycles. The van der Waals surface area contributed by atoms with E-state index >= 15 is 0 Å². The van der Waals surface area contributed by atoms with E-state index in [9.17, 15) is 4.79 Å². The average molecular weight is 245 g/mol. The number of aromatic nitrogens is 3. The first-order valence-corrected chi connectivity index (χ1v) is 6.20. The lowest BCUT2D eigenvalue weighted by Crippen LogP contribution is -2.09. The van der Waals surface area contributed by atoms with Gasteiger partial charge in [-0.2, -0.15) is 5.10 Å². The molecule has 0 N–H and O–H groups in total. The number of carbonyl (C=O) groups is 1. The molecule has 5 nitrogen and oxygen atoms in total. The van der Waals surface area contributed by atoms with Gasteiger partial charge in [-0.3, -0.25) is 9.67 Å². The van der Waals surface area contributed by atoms with Crippen LogP contribution in [0.2, 0.25) is 0 Å². The fraction of sp³-hybridized carbons (Fsp3) is 0.462. The van der Waals surface area contributed by atoms with Crippen molar-refractivity contribution >= 4 is 17.0 Å². The van der Waals surface area contributed by atoms with Gasteiger partial charge in [0.15, 0.2) is 0 Å². The zero-order valence-electron chi connectivity index (χ0n) is 10.5. The third-order valence-corrected chi connectivity index (χ3v) is 3.17. The molecule has 18 heavy (non-hydrogen) atoms. The Labute approximate surface area is 105 Å². The van der Waals surface area contributed by atoms with Gasteiger partial charge in [-0.25, -0.2) is 4.79 Å². The SMILES string of the molecule is CCOC(=O)c1cnc2cn(C)nc2c1C1CC1. The highest BCUT2D eigenvalue weighted by Crippen LogP contribution is 2.44. The highest BCUT2D eigenvalue weighted by molar-refractivity contribution is 5.96. The van der Waals surface area contributed by atoms with Gasteiger partial charge >= 0.3 is 5.97 Å². The lowest BCUT2D eigenvalue weighted by Gasteiger charge is -2.07. The molecule has 2 aromatic heterocycles. The summed E-state index contributed by atoms with van der Waals surface area (Å²) in [5, 5.41) is 4.42. The first-order chi connectivity index (χ1) is 8.70. The minimum Gasteiger partial charge on any atom is -0.462 e. The second kappa shape index (κ2) is 4.08. The monoisotopic (exact) mass is 245 g/mol. The maximum atomic E-state index is 12.0. The molecular weight excluding hydrogens is 230 g/mol. The first-order valence-electron chi connectivity index (χ1n) is 6.20. The van der Waals surface area contributed by atoms with Crippen molar-refractivity contribution in [1.29, 1.82) is 0 Å². The van der Waals surface area contributed by atoms with Crippen LogP contribution in [0.3, 0.4) is 0 Å². The third-order valence-electron chi connectivity index (χ3n) is 3.17. The van der Waals surface area contributed by atoms with Crippen molar-refractivity contribution < 1.29 is 9.53 Å². The second-order valence-electron chi connectivity index (χ2n) is 4.62. The van der Waals surface area contributed by atoms with Crippen molar-refractivity contribution in [1.82, 2.24) is 14.8 Å².